The molecule has 1 aromatic carbocycles. The van der Waals surface area contributed by atoms with Gasteiger partial charge in [-0.05, 0) is 25.5 Å². The number of benzene rings is 1. The number of rotatable bonds is 4. The third-order valence-corrected chi connectivity index (χ3v) is 4.37. The van der Waals surface area contributed by atoms with E-state index >= 15 is 0 Å². The molecule has 0 aliphatic carbocycles. The summed E-state index contributed by atoms with van der Waals surface area (Å²) in [6.45, 7) is 1.07. The van der Waals surface area contributed by atoms with Gasteiger partial charge >= 0.3 is 0 Å². The highest BCUT2D eigenvalue weighted by Crippen LogP contribution is 2.27. The number of piperidine rings is 1. The van der Waals surface area contributed by atoms with Gasteiger partial charge in [0, 0.05) is 23.9 Å². The van der Waals surface area contributed by atoms with Crippen molar-refractivity contribution in [2.45, 2.75) is 30.5 Å². The van der Waals surface area contributed by atoms with Gasteiger partial charge in [0.05, 0.1) is 4.92 Å². The first-order valence-electron chi connectivity index (χ1n) is 6.63. The normalized spacial score (nSPS) is 18.4. The maximum Gasteiger partial charge on any atom is 0.271 e. The van der Waals surface area contributed by atoms with E-state index in [0.717, 1.165) is 12.3 Å². The molecule has 1 atom stereocenters. The number of halogens is 1. The molecule has 0 bridgehead atoms. The number of thioether (sulfide) groups is 1. The van der Waals surface area contributed by atoms with E-state index in [-0.39, 0.29) is 18.1 Å². The zero-order valence-electron chi connectivity index (χ0n) is 11.3. The summed E-state index contributed by atoms with van der Waals surface area (Å²) in [5, 5.41) is 14.8. The second-order valence-corrected chi connectivity index (χ2v) is 5.82. The molecule has 1 saturated heterocycles. The molecule has 1 aliphatic rings. The van der Waals surface area contributed by atoms with Gasteiger partial charge in [-0.15, -0.1) is 12.4 Å². The van der Waals surface area contributed by atoms with Crippen LogP contribution in [-0.2, 0) is 0 Å². The molecule has 1 aromatic heterocycles. The minimum absolute atomic E-state index is 0. The quantitative estimate of drug-likeness (QED) is 0.526. The van der Waals surface area contributed by atoms with E-state index in [1.165, 1.54) is 31.4 Å². The van der Waals surface area contributed by atoms with Gasteiger partial charge in [-0.2, -0.15) is 0 Å². The molecular weight excluding hydrogens is 314 g/mol. The molecule has 0 spiro atoms. The average Bonchev–Trinajstić information content (AvgIpc) is 2.88. The van der Waals surface area contributed by atoms with E-state index < -0.39 is 4.92 Å². The Bertz CT molecular complexity index is 628. The Morgan fingerprint density at radius 3 is 3.05 bits per heavy atom. The summed E-state index contributed by atoms with van der Waals surface area (Å²) in [7, 11) is 0. The second kappa shape index (κ2) is 7.11. The number of aromatic nitrogens is 1. The van der Waals surface area contributed by atoms with Crippen LogP contribution in [-0.4, -0.2) is 28.2 Å². The zero-order valence-corrected chi connectivity index (χ0v) is 12.9. The van der Waals surface area contributed by atoms with E-state index in [1.54, 1.807) is 17.8 Å². The predicted molar refractivity (Wildman–Crippen MR) is 84.3 cm³/mol. The Hall–Kier alpha value is -1.31. The second-order valence-electron chi connectivity index (χ2n) is 4.85. The highest BCUT2D eigenvalue weighted by molar-refractivity contribution is 7.99. The predicted octanol–water partition coefficient (Wildman–Crippen LogP) is 3.39. The van der Waals surface area contributed by atoms with Crippen LogP contribution in [0.2, 0.25) is 0 Å². The SMILES string of the molecule is Cl.O=[N+]([O-])c1ccc2oc(SCC3CCCCN3)nc2c1. The standard InChI is InChI=1S/C13H15N3O3S.ClH/c17-16(18)10-4-5-12-11(7-10)15-13(19-12)20-8-9-3-1-2-6-14-9;/h4-5,7,9,14H,1-3,6,8H2;1H. The fraction of sp³-hybridized carbons (Fsp3) is 0.462. The summed E-state index contributed by atoms with van der Waals surface area (Å²) >= 11 is 1.56. The topological polar surface area (TPSA) is 81.2 Å². The molecule has 2 aromatic rings. The lowest BCUT2D eigenvalue weighted by molar-refractivity contribution is -0.384. The zero-order chi connectivity index (χ0) is 13.9. The molecule has 1 N–H and O–H groups in total. The summed E-state index contributed by atoms with van der Waals surface area (Å²) in [5.41, 5.74) is 1.17. The van der Waals surface area contributed by atoms with Crippen LogP contribution in [0, 0.1) is 10.1 Å². The Balaban J connectivity index is 0.00000161. The number of fused-ring (bicyclic) bond motifs is 1. The maximum atomic E-state index is 10.7. The van der Waals surface area contributed by atoms with Crippen LogP contribution in [0.15, 0.2) is 27.8 Å². The third-order valence-electron chi connectivity index (χ3n) is 3.38. The molecule has 1 fully saturated rings. The van der Waals surface area contributed by atoms with Crippen LogP contribution < -0.4 is 5.32 Å². The highest BCUT2D eigenvalue weighted by atomic mass is 35.5. The number of hydrogen-bond acceptors (Lipinski definition) is 6. The Morgan fingerprint density at radius 2 is 2.33 bits per heavy atom. The Kier molecular flexibility index (Phi) is 5.44. The van der Waals surface area contributed by atoms with Crippen molar-refractivity contribution in [2.75, 3.05) is 12.3 Å². The summed E-state index contributed by atoms with van der Waals surface area (Å²) in [5.74, 6) is 0.912. The first kappa shape index (κ1) is 16.1. The van der Waals surface area contributed by atoms with Crippen LogP contribution in [0.1, 0.15) is 19.3 Å². The first-order valence-corrected chi connectivity index (χ1v) is 7.62. The van der Waals surface area contributed by atoms with Crippen molar-refractivity contribution in [3.05, 3.63) is 28.3 Å². The lowest BCUT2D eigenvalue weighted by Gasteiger charge is -2.22. The van der Waals surface area contributed by atoms with E-state index in [4.69, 9.17) is 4.42 Å². The van der Waals surface area contributed by atoms with Gasteiger partial charge in [-0.1, -0.05) is 18.2 Å². The molecule has 2 heterocycles. The molecule has 114 valence electrons. The van der Waals surface area contributed by atoms with Crippen LogP contribution in [0.3, 0.4) is 0 Å². The monoisotopic (exact) mass is 329 g/mol. The fourth-order valence-corrected chi connectivity index (χ4v) is 3.25. The van der Waals surface area contributed by atoms with Gasteiger partial charge in [-0.3, -0.25) is 10.1 Å². The number of nitro groups is 1. The van der Waals surface area contributed by atoms with Crippen molar-refractivity contribution in [1.82, 2.24) is 10.3 Å². The molecule has 0 radical (unpaired) electrons. The highest BCUT2D eigenvalue weighted by Gasteiger charge is 2.16. The number of hydrogen-bond donors (Lipinski definition) is 1. The van der Waals surface area contributed by atoms with Crippen molar-refractivity contribution in [3.8, 4) is 0 Å². The Labute approximate surface area is 132 Å². The summed E-state index contributed by atoms with van der Waals surface area (Å²) < 4.78 is 5.60. The van der Waals surface area contributed by atoms with Gasteiger partial charge in [-0.25, -0.2) is 4.98 Å². The summed E-state index contributed by atoms with van der Waals surface area (Å²) in [6.07, 6.45) is 3.68. The fourth-order valence-electron chi connectivity index (χ4n) is 2.31. The lowest BCUT2D eigenvalue weighted by Crippen LogP contribution is -2.35. The van der Waals surface area contributed by atoms with Crippen LogP contribution >= 0.6 is 24.2 Å². The van der Waals surface area contributed by atoms with Gasteiger partial charge in [0.25, 0.3) is 10.9 Å². The van der Waals surface area contributed by atoms with Crippen molar-refractivity contribution in [1.29, 1.82) is 0 Å². The molecular formula is C13H16ClN3O3S. The molecule has 21 heavy (non-hydrogen) atoms. The van der Waals surface area contributed by atoms with Gasteiger partial charge in [0.15, 0.2) is 5.58 Å². The number of nitrogens with zero attached hydrogens (tertiary/aromatic N) is 2. The largest absolute Gasteiger partial charge is 0.431 e. The van der Waals surface area contributed by atoms with Crippen molar-refractivity contribution in [2.24, 2.45) is 0 Å². The third kappa shape index (κ3) is 3.87. The number of nitro benzene ring substituents is 1. The average molecular weight is 330 g/mol. The molecule has 8 heteroatoms. The summed E-state index contributed by atoms with van der Waals surface area (Å²) in [4.78, 5) is 14.6. The molecule has 6 nitrogen and oxygen atoms in total. The van der Waals surface area contributed by atoms with E-state index in [9.17, 15) is 10.1 Å². The molecule has 1 aliphatic heterocycles. The van der Waals surface area contributed by atoms with Gasteiger partial charge in [0.1, 0.15) is 5.52 Å². The van der Waals surface area contributed by atoms with Crippen LogP contribution in [0.5, 0.6) is 0 Å². The molecule has 1 unspecified atom stereocenters. The van der Waals surface area contributed by atoms with E-state index in [0.29, 0.717) is 22.4 Å². The van der Waals surface area contributed by atoms with E-state index in [1.807, 2.05) is 0 Å². The Morgan fingerprint density at radius 1 is 1.48 bits per heavy atom. The number of non-ortho nitro benzene ring substituents is 1. The molecule has 0 saturated carbocycles. The molecule has 0 amide bonds. The molecule has 3 rings (SSSR count). The smallest absolute Gasteiger partial charge is 0.271 e. The van der Waals surface area contributed by atoms with Gasteiger partial charge < -0.3 is 9.73 Å². The van der Waals surface area contributed by atoms with Crippen molar-refractivity contribution < 1.29 is 9.34 Å². The van der Waals surface area contributed by atoms with Gasteiger partial charge in [0.2, 0.25) is 0 Å². The van der Waals surface area contributed by atoms with Crippen molar-refractivity contribution >= 4 is 41.0 Å². The maximum absolute atomic E-state index is 10.7. The van der Waals surface area contributed by atoms with Crippen LogP contribution in [0.25, 0.3) is 11.1 Å². The van der Waals surface area contributed by atoms with E-state index in [2.05, 4.69) is 10.3 Å². The number of nitrogens with one attached hydrogen (secondary N) is 1. The number of oxazole rings is 1. The first-order chi connectivity index (χ1) is 9.72. The van der Waals surface area contributed by atoms with Crippen LogP contribution in [0.4, 0.5) is 5.69 Å². The summed E-state index contributed by atoms with van der Waals surface area (Å²) in [6, 6.07) is 4.98. The minimum Gasteiger partial charge on any atom is -0.431 e. The lowest BCUT2D eigenvalue weighted by atomic mass is 10.1. The van der Waals surface area contributed by atoms with Crippen molar-refractivity contribution in [3.63, 3.8) is 0 Å². The minimum atomic E-state index is -0.424.